The van der Waals surface area contributed by atoms with Gasteiger partial charge in [-0.25, -0.2) is 13.1 Å². The van der Waals surface area contributed by atoms with Gasteiger partial charge in [0.15, 0.2) is 0 Å². The Bertz CT molecular complexity index is 507. The van der Waals surface area contributed by atoms with E-state index in [2.05, 4.69) is 30.8 Å². The van der Waals surface area contributed by atoms with Crippen LogP contribution in [-0.2, 0) is 16.6 Å². The highest BCUT2D eigenvalue weighted by molar-refractivity contribution is 7.91. The predicted molar refractivity (Wildman–Crippen MR) is 81.0 cm³/mol. The van der Waals surface area contributed by atoms with Gasteiger partial charge < -0.3 is 5.32 Å². The third kappa shape index (κ3) is 4.56. The van der Waals surface area contributed by atoms with Gasteiger partial charge in [-0.1, -0.05) is 20.8 Å². The first-order valence-electron chi connectivity index (χ1n) is 6.51. The number of aryl methyl sites for hydroxylation is 1. The zero-order chi connectivity index (χ0) is 14.6. The summed E-state index contributed by atoms with van der Waals surface area (Å²) in [7, 11) is -1.51. The van der Waals surface area contributed by atoms with Crippen LogP contribution in [0.4, 0.5) is 0 Å². The Labute approximate surface area is 120 Å². The summed E-state index contributed by atoms with van der Waals surface area (Å²) < 4.78 is 27.5. The lowest BCUT2D eigenvalue weighted by Gasteiger charge is -2.15. The van der Waals surface area contributed by atoms with Gasteiger partial charge in [-0.15, -0.1) is 11.3 Å². The Balaban J connectivity index is 2.80. The molecule has 2 N–H and O–H groups in total. The fourth-order valence-corrected chi connectivity index (χ4v) is 4.29. The number of sulfonamides is 1. The lowest BCUT2D eigenvalue weighted by atomic mass is 9.99. The Morgan fingerprint density at radius 3 is 2.47 bits per heavy atom. The van der Waals surface area contributed by atoms with E-state index < -0.39 is 10.0 Å². The van der Waals surface area contributed by atoms with Crippen molar-refractivity contribution in [2.24, 2.45) is 11.8 Å². The van der Waals surface area contributed by atoms with Gasteiger partial charge in [-0.2, -0.15) is 0 Å². The summed E-state index contributed by atoms with van der Waals surface area (Å²) in [6.45, 7) is 9.38. The molecule has 1 aromatic heterocycles. The van der Waals surface area contributed by atoms with E-state index in [-0.39, 0.29) is 0 Å². The van der Waals surface area contributed by atoms with E-state index in [9.17, 15) is 8.42 Å². The van der Waals surface area contributed by atoms with Crippen LogP contribution in [0.25, 0.3) is 0 Å². The molecule has 4 nitrogen and oxygen atoms in total. The van der Waals surface area contributed by atoms with Crippen molar-refractivity contribution in [3.63, 3.8) is 0 Å². The van der Waals surface area contributed by atoms with Crippen LogP contribution in [0.5, 0.6) is 0 Å². The molecule has 0 aliphatic heterocycles. The smallest absolute Gasteiger partial charge is 0.250 e. The number of hydrogen-bond acceptors (Lipinski definition) is 4. The summed E-state index contributed by atoms with van der Waals surface area (Å²) in [5, 5.41) is 3.05. The summed E-state index contributed by atoms with van der Waals surface area (Å²) in [6.07, 6.45) is 0. The predicted octanol–water partition coefficient (Wildman–Crippen LogP) is 2.35. The molecule has 0 fully saturated rings. The average Bonchev–Trinajstić information content (AvgIpc) is 2.69. The molecule has 6 heteroatoms. The molecule has 1 aromatic rings. The fourth-order valence-electron chi connectivity index (χ4n) is 1.51. The molecule has 0 saturated heterocycles. The van der Waals surface area contributed by atoms with Crippen molar-refractivity contribution in [1.82, 2.24) is 10.0 Å². The third-order valence-corrected chi connectivity index (χ3v) is 6.47. The lowest BCUT2D eigenvalue weighted by molar-refractivity contribution is 0.415. The van der Waals surface area contributed by atoms with E-state index in [1.165, 1.54) is 11.3 Å². The molecule has 0 aliphatic carbocycles. The monoisotopic (exact) mass is 304 g/mol. The molecule has 110 valence electrons. The zero-order valence-corrected chi connectivity index (χ0v) is 13.9. The van der Waals surface area contributed by atoms with Crippen LogP contribution in [0.2, 0.25) is 0 Å². The summed E-state index contributed by atoms with van der Waals surface area (Å²) in [5.41, 5.74) is 1.02. The molecular formula is C13H24N2O2S2. The van der Waals surface area contributed by atoms with Gasteiger partial charge in [0.1, 0.15) is 4.21 Å². The second kappa shape index (κ2) is 6.83. The summed E-state index contributed by atoms with van der Waals surface area (Å²) >= 11 is 1.34. The fraction of sp³-hybridized carbons (Fsp3) is 0.692. The molecule has 1 unspecified atom stereocenters. The second-order valence-corrected chi connectivity index (χ2v) is 8.41. The van der Waals surface area contributed by atoms with E-state index in [0.717, 1.165) is 10.4 Å². The number of hydrogen-bond donors (Lipinski definition) is 2. The number of thiophene rings is 1. The maximum absolute atomic E-state index is 12.2. The highest BCUT2D eigenvalue weighted by Crippen LogP contribution is 2.26. The van der Waals surface area contributed by atoms with Gasteiger partial charge in [-0.3, -0.25) is 0 Å². The molecule has 0 bridgehead atoms. The van der Waals surface area contributed by atoms with Crippen molar-refractivity contribution >= 4 is 21.4 Å². The van der Waals surface area contributed by atoms with Gasteiger partial charge in [0.05, 0.1) is 0 Å². The maximum Gasteiger partial charge on any atom is 0.250 e. The summed E-state index contributed by atoms with van der Waals surface area (Å²) in [6, 6.07) is 1.75. The Kier molecular flexibility index (Phi) is 5.98. The molecule has 0 aliphatic rings. The van der Waals surface area contributed by atoms with Crippen LogP contribution in [0, 0.1) is 18.8 Å². The van der Waals surface area contributed by atoms with Crippen molar-refractivity contribution in [3.8, 4) is 0 Å². The standard InChI is InChI=1S/C13H24N2O2S2/c1-9(2)11(4)7-15-19(16,17)13-6-10(3)12(18-13)8-14-5/h6,9,11,14-15H,7-8H2,1-5H3. The first-order valence-corrected chi connectivity index (χ1v) is 8.81. The van der Waals surface area contributed by atoms with Gasteiger partial charge in [0, 0.05) is 18.0 Å². The molecular weight excluding hydrogens is 280 g/mol. The van der Waals surface area contributed by atoms with Crippen LogP contribution in [0.15, 0.2) is 10.3 Å². The quantitative estimate of drug-likeness (QED) is 0.813. The highest BCUT2D eigenvalue weighted by atomic mass is 32.2. The number of nitrogens with one attached hydrogen (secondary N) is 2. The Hall–Kier alpha value is -0.430. The normalized spacial score (nSPS) is 14.0. The van der Waals surface area contributed by atoms with Gasteiger partial charge in [0.2, 0.25) is 10.0 Å². The van der Waals surface area contributed by atoms with Crippen molar-refractivity contribution in [2.45, 2.75) is 38.4 Å². The van der Waals surface area contributed by atoms with E-state index in [4.69, 9.17) is 0 Å². The maximum atomic E-state index is 12.2. The topological polar surface area (TPSA) is 58.2 Å². The van der Waals surface area contributed by atoms with Crippen LogP contribution in [-0.4, -0.2) is 22.0 Å². The van der Waals surface area contributed by atoms with E-state index in [1.807, 2.05) is 14.0 Å². The first-order chi connectivity index (χ1) is 8.77. The van der Waals surface area contributed by atoms with Crippen LogP contribution >= 0.6 is 11.3 Å². The lowest BCUT2D eigenvalue weighted by Crippen LogP contribution is -2.29. The molecule has 19 heavy (non-hydrogen) atoms. The van der Waals surface area contributed by atoms with Crippen LogP contribution < -0.4 is 10.0 Å². The minimum absolute atomic E-state index is 0.326. The first kappa shape index (κ1) is 16.6. The van der Waals surface area contributed by atoms with Gasteiger partial charge in [-0.05, 0) is 37.4 Å². The molecule has 1 rings (SSSR count). The second-order valence-electron chi connectivity index (χ2n) is 5.28. The average molecular weight is 304 g/mol. The van der Waals surface area contributed by atoms with Crippen molar-refractivity contribution in [2.75, 3.05) is 13.6 Å². The largest absolute Gasteiger partial charge is 0.315 e. The van der Waals surface area contributed by atoms with Gasteiger partial charge >= 0.3 is 0 Å². The minimum atomic E-state index is -3.37. The highest BCUT2D eigenvalue weighted by Gasteiger charge is 2.20. The van der Waals surface area contributed by atoms with E-state index >= 15 is 0 Å². The molecule has 0 aromatic carbocycles. The Morgan fingerprint density at radius 1 is 1.32 bits per heavy atom. The minimum Gasteiger partial charge on any atom is -0.315 e. The van der Waals surface area contributed by atoms with Crippen molar-refractivity contribution in [3.05, 3.63) is 16.5 Å². The van der Waals surface area contributed by atoms with Crippen LogP contribution in [0.3, 0.4) is 0 Å². The SMILES string of the molecule is CNCc1sc(S(=O)(=O)NCC(C)C(C)C)cc1C. The summed E-state index contributed by atoms with van der Waals surface area (Å²) in [5.74, 6) is 0.792. The number of rotatable bonds is 7. The molecule has 0 amide bonds. The summed E-state index contributed by atoms with van der Waals surface area (Å²) in [4.78, 5) is 1.07. The zero-order valence-electron chi connectivity index (χ0n) is 12.3. The van der Waals surface area contributed by atoms with Gasteiger partial charge in [0.25, 0.3) is 0 Å². The van der Waals surface area contributed by atoms with Crippen LogP contribution in [0.1, 0.15) is 31.2 Å². The van der Waals surface area contributed by atoms with E-state index in [0.29, 0.717) is 29.1 Å². The molecule has 1 atom stereocenters. The molecule has 1 heterocycles. The Morgan fingerprint density at radius 2 is 1.95 bits per heavy atom. The molecule has 0 radical (unpaired) electrons. The van der Waals surface area contributed by atoms with E-state index in [1.54, 1.807) is 6.07 Å². The van der Waals surface area contributed by atoms with Crippen molar-refractivity contribution < 1.29 is 8.42 Å². The third-order valence-electron chi connectivity index (χ3n) is 3.33. The molecule has 0 spiro atoms. The molecule has 0 saturated carbocycles. The van der Waals surface area contributed by atoms with Crippen molar-refractivity contribution in [1.29, 1.82) is 0 Å².